The molecule has 2 aliphatic rings. The molecule has 0 aliphatic carbocycles. The van der Waals surface area contributed by atoms with Crippen molar-refractivity contribution >= 4 is 17.4 Å². The number of carbonyl (C=O) groups excluding carboxylic acids is 2. The Morgan fingerprint density at radius 1 is 1.06 bits per heavy atom. The average molecular weight is 425 g/mol. The van der Waals surface area contributed by atoms with Crippen LogP contribution < -0.4 is 4.90 Å². The minimum Gasteiger partial charge on any atom is -0.507 e. The molecule has 4 rings (SSSR count). The number of quaternary nitrogens is 1. The van der Waals surface area contributed by atoms with E-state index in [1.165, 1.54) is 21.9 Å². The Morgan fingerprint density at radius 3 is 2.42 bits per heavy atom. The number of halogens is 1. The smallest absolute Gasteiger partial charge is 0.295 e. The van der Waals surface area contributed by atoms with Crippen LogP contribution in [-0.4, -0.2) is 61.1 Å². The molecule has 0 unspecified atom stereocenters. The highest BCUT2D eigenvalue weighted by atomic mass is 19.1. The zero-order valence-electron chi connectivity index (χ0n) is 17.2. The van der Waals surface area contributed by atoms with E-state index in [9.17, 15) is 19.1 Å². The van der Waals surface area contributed by atoms with Gasteiger partial charge in [-0.3, -0.25) is 9.59 Å². The monoisotopic (exact) mass is 425 g/mol. The van der Waals surface area contributed by atoms with Gasteiger partial charge in [0.2, 0.25) is 0 Å². The molecule has 2 aliphatic heterocycles. The van der Waals surface area contributed by atoms with Crippen LogP contribution >= 0.6 is 0 Å². The number of aliphatic hydroxyl groups excluding tert-OH is 1. The first kappa shape index (κ1) is 21.2. The molecule has 0 saturated carbocycles. The fraction of sp³-hybridized carbons (Fsp3) is 0.333. The number of hydrogen-bond donors (Lipinski definition) is 2. The maximum Gasteiger partial charge on any atom is 0.295 e. The Bertz CT molecular complexity index is 969. The SMILES string of the molecule is O=C1C(=O)N(CCC[NH+]2CCOCC2)[C@@H](c2ccc(F)cc2)C1=C(O)c1ccccc1. The topological polar surface area (TPSA) is 71.3 Å². The number of ether oxygens (including phenoxy) is 1. The van der Waals surface area contributed by atoms with Gasteiger partial charge in [-0.1, -0.05) is 42.5 Å². The van der Waals surface area contributed by atoms with Gasteiger partial charge in [0.25, 0.3) is 11.7 Å². The van der Waals surface area contributed by atoms with E-state index in [2.05, 4.69) is 0 Å². The van der Waals surface area contributed by atoms with Crippen molar-refractivity contribution in [2.24, 2.45) is 0 Å². The van der Waals surface area contributed by atoms with Crippen LogP contribution in [0.25, 0.3) is 5.76 Å². The van der Waals surface area contributed by atoms with Crippen molar-refractivity contribution in [3.63, 3.8) is 0 Å². The number of morpholine rings is 1. The summed E-state index contributed by atoms with van der Waals surface area (Å²) in [6, 6.07) is 13.7. The van der Waals surface area contributed by atoms with Gasteiger partial charge in [-0.05, 0) is 17.7 Å². The van der Waals surface area contributed by atoms with Crippen LogP contribution in [0.4, 0.5) is 4.39 Å². The second-order valence-corrected chi connectivity index (χ2v) is 7.88. The van der Waals surface area contributed by atoms with Gasteiger partial charge in [-0.25, -0.2) is 4.39 Å². The molecular formula is C24H26FN2O4+. The lowest BCUT2D eigenvalue weighted by Crippen LogP contribution is -3.14. The first-order valence-electron chi connectivity index (χ1n) is 10.6. The van der Waals surface area contributed by atoms with Gasteiger partial charge in [-0.2, -0.15) is 0 Å². The average Bonchev–Trinajstić information content (AvgIpc) is 3.05. The van der Waals surface area contributed by atoms with Crippen molar-refractivity contribution in [1.82, 2.24) is 4.90 Å². The molecule has 162 valence electrons. The summed E-state index contributed by atoms with van der Waals surface area (Å²) >= 11 is 0. The summed E-state index contributed by atoms with van der Waals surface area (Å²) in [6.07, 6.45) is 0.714. The molecule has 0 aromatic heterocycles. The van der Waals surface area contributed by atoms with Crippen LogP contribution in [0, 0.1) is 5.82 Å². The largest absolute Gasteiger partial charge is 0.507 e. The molecule has 0 spiro atoms. The first-order chi connectivity index (χ1) is 15.1. The van der Waals surface area contributed by atoms with Gasteiger partial charge in [0.1, 0.15) is 24.7 Å². The summed E-state index contributed by atoms with van der Waals surface area (Å²) in [5.41, 5.74) is 1.10. The minimum absolute atomic E-state index is 0.0431. The van der Waals surface area contributed by atoms with Gasteiger partial charge < -0.3 is 19.6 Å². The van der Waals surface area contributed by atoms with Crippen LogP contribution in [0.1, 0.15) is 23.6 Å². The predicted octanol–water partition coefficient (Wildman–Crippen LogP) is 1.55. The number of benzene rings is 2. The lowest BCUT2D eigenvalue weighted by atomic mass is 9.95. The quantitative estimate of drug-likeness (QED) is 0.419. The third-order valence-electron chi connectivity index (χ3n) is 5.90. The number of likely N-dealkylation sites (tertiary alicyclic amines) is 1. The van der Waals surface area contributed by atoms with Crippen LogP contribution in [0.2, 0.25) is 0 Å². The maximum atomic E-state index is 13.5. The number of amides is 1. The van der Waals surface area contributed by atoms with E-state index in [4.69, 9.17) is 4.74 Å². The van der Waals surface area contributed by atoms with Gasteiger partial charge in [0.05, 0.1) is 31.4 Å². The van der Waals surface area contributed by atoms with Gasteiger partial charge in [-0.15, -0.1) is 0 Å². The normalized spacial score (nSPS) is 21.6. The second-order valence-electron chi connectivity index (χ2n) is 7.88. The summed E-state index contributed by atoms with van der Waals surface area (Å²) in [5.74, 6) is -1.97. The molecule has 0 radical (unpaired) electrons. The zero-order valence-corrected chi connectivity index (χ0v) is 17.2. The minimum atomic E-state index is -0.750. The third-order valence-corrected chi connectivity index (χ3v) is 5.90. The van der Waals surface area contributed by atoms with Crippen LogP contribution in [0.3, 0.4) is 0 Å². The molecule has 2 aromatic carbocycles. The molecule has 2 aromatic rings. The Kier molecular flexibility index (Phi) is 6.44. The summed E-state index contributed by atoms with van der Waals surface area (Å²) in [6.45, 7) is 4.55. The number of Topliss-reactive ketones (excluding diaryl/α,β-unsaturated/α-hetero) is 1. The van der Waals surface area contributed by atoms with Crippen molar-refractivity contribution in [3.8, 4) is 0 Å². The molecule has 0 bridgehead atoms. The molecule has 2 N–H and O–H groups in total. The van der Waals surface area contributed by atoms with Crippen molar-refractivity contribution in [2.45, 2.75) is 12.5 Å². The molecule has 1 amide bonds. The van der Waals surface area contributed by atoms with E-state index in [1.807, 2.05) is 0 Å². The molecule has 31 heavy (non-hydrogen) atoms. The number of nitrogens with one attached hydrogen (secondary N) is 1. The number of aliphatic hydroxyl groups is 1. The van der Waals surface area contributed by atoms with E-state index in [0.29, 0.717) is 24.1 Å². The lowest BCUT2D eigenvalue weighted by molar-refractivity contribution is -0.908. The Labute approximate surface area is 180 Å². The molecule has 1 atom stereocenters. The second kappa shape index (κ2) is 9.41. The summed E-state index contributed by atoms with van der Waals surface area (Å²) in [7, 11) is 0. The molecule has 7 heteroatoms. The molecule has 6 nitrogen and oxygen atoms in total. The highest BCUT2D eigenvalue weighted by Gasteiger charge is 2.45. The summed E-state index contributed by atoms with van der Waals surface area (Å²) < 4.78 is 18.9. The van der Waals surface area contributed by atoms with Gasteiger partial charge in [0, 0.05) is 18.5 Å². The van der Waals surface area contributed by atoms with E-state index >= 15 is 0 Å². The number of ketones is 1. The fourth-order valence-electron chi connectivity index (χ4n) is 4.26. The predicted molar refractivity (Wildman–Crippen MR) is 113 cm³/mol. The Hall–Kier alpha value is -3.03. The van der Waals surface area contributed by atoms with E-state index < -0.39 is 23.5 Å². The number of rotatable bonds is 6. The number of nitrogens with zero attached hydrogens (tertiary/aromatic N) is 1. The fourth-order valence-corrected chi connectivity index (χ4v) is 4.26. The van der Waals surface area contributed by atoms with Crippen molar-refractivity contribution in [2.75, 3.05) is 39.4 Å². The van der Waals surface area contributed by atoms with Crippen molar-refractivity contribution in [3.05, 3.63) is 77.1 Å². The summed E-state index contributed by atoms with van der Waals surface area (Å²) in [5, 5.41) is 10.9. The van der Waals surface area contributed by atoms with Crippen LogP contribution in [0.5, 0.6) is 0 Å². The number of hydrogen-bond acceptors (Lipinski definition) is 4. The zero-order chi connectivity index (χ0) is 21.8. The maximum absolute atomic E-state index is 13.5. The first-order valence-corrected chi connectivity index (χ1v) is 10.6. The molecule has 2 fully saturated rings. The summed E-state index contributed by atoms with van der Waals surface area (Å²) in [4.78, 5) is 28.8. The van der Waals surface area contributed by atoms with E-state index in [1.54, 1.807) is 42.5 Å². The van der Waals surface area contributed by atoms with Crippen molar-refractivity contribution in [1.29, 1.82) is 0 Å². The lowest BCUT2D eigenvalue weighted by Gasteiger charge is -2.27. The highest BCUT2D eigenvalue weighted by molar-refractivity contribution is 6.46. The third kappa shape index (κ3) is 4.52. The highest BCUT2D eigenvalue weighted by Crippen LogP contribution is 2.39. The molecule has 2 saturated heterocycles. The Morgan fingerprint density at radius 2 is 1.74 bits per heavy atom. The molecular weight excluding hydrogens is 399 g/mol. The standard InChI is InChI=1S/C24H25FN2O4/c25-19-9-7-17(8-10-19)21-20(22(28)18-5-2-1-3-6-18)23(29)24(30)27(21)12-4-11-26-13-15-31-16-14-26/h1-3,5-10,21,28H,4,11-16H2/p+1/t21-/m0/s1. The van der Waals surface area contributed by atoms with Crippen molar-refractivity contribution < 1.29 is 28.7 Å². The van der Waals surface area contributed by atoms with Gasteiger partial charge in [0.15, 0.2) is 0 Å². The van der Waals surface area contributed by atoms with Crippen LogP contribution in [-0.2, 0) is 14.3 Å². The van der Waals surface area contributed by atoms with E-state index in [-0.39, 0.29) is 11.3 Å². The van der Waals surface area contributed by atoms with Crippen LogP contribution in [0.15, 0.2) is 60.2 Å². The Balaban J connectivity index is 1.65. The molecule has 2 heterocycles. The van der Waals surface area contributed by atoms with Gasteiger partial charge >= 0.3 is 0 Å². The van der Waals surface area contributed by atoms with E-state index in [0.717, 1.165) is 32.8 Å². The number of carbonyl (C=O) groups is 2.